The molecule has 0 spiro atoms. The van der Waals surface area contributed by atoms with Gasteiger partial charge >= 0.3 is 0 Å². The van der Waals surface area contributed by atoms with Crippen LogP contribution in [0.3, 0.4) is 0 Å². The van der Waals surface area contributed by atoms with Crippen LogP contribution in [-0.2, 0) is 11.3 Å². The fraction of sp³-hybridized carbons (Fsp3) is 0.550. The topological polar surface area (TPSA) is 102 Å². The molecule has 0 amide bonds. The summed E-state index contributed by atoms with van der Waals surface area (Å²) in [5.74, 6) is 2.10. The molecule has 2 atom stereocenters. The molecule has 9 nitrogen and oxygen atoms in total. The molecular weight excluding hydrogens is 370 g/mol. The lowest BCUT2D eigenvalue weighted by Crippen LogP contribution is -2.23. The van der Waals surface area contributed by atoms with E-state index in [-0.39, 0.29) is 17.5 Å². The summed E-state index contributed by atoms with van der Waals surface area (Å²) in [6.07, 6.45) is 6.96. The maximum Gasteiger partial charge on any atom is 0.262 e. The molecule has 5 rings (SSSR count). The van der Waals surface area contributed by atoms with Crippen molar-refractivity contribution in [2.75, 3.05) is 26.3 Å². The Balaban J connectivity index is 1.43. The fourth-order valence-electron chi connectivity index (χ4n) is 4.49. The van der Waals surface area contributed by atoms with E-state index in [0.717, 1.165) is 50.8 Å². The number of ether oxygens (including phenoxy) is 1. The number of aromatic nitrogens is 6. The van der Waals surface area contributed by atoms with Crippen LogP contribution in [0.25, 0.3) is 11.0 Å². The van der Waals surface area contributed by atoms with Gasteiger partial charge in [-0.05, 0) is 24.8 Å². The SMILES string of the molecule is CC1CN(Cc2ncccn2)C[C@H]1c1nc2c(cnn2C2CCOCC2)c(=O)[nH]1. The second-order valence-corrected chi connectivity index (χ2v) is 8.06. The van der Waals surface area contributed by atoms with Crippen LogP contribution in [0.2, 0.25) is 0 Å². The lowest BCUT2D eigenvalue weighted by Gasteiger charge is -2.23. The second kappa shape index (κ2) is 7.64. The minimum absolute atomic E-state index is 0.111. The molecular formula is C20H25N7O2. The summed E-state index contributed by atoms with van der Waals surface area (Å²) in [6, 6.07) is 2.06. The zero-order valence-electron chi connectivity index (χ0n) is 16.5. The summed E-state index contributed by atoms with van der Waals surface area (Å²) in [6.45, 7) is 6.09. The van der Waals surface area contributed by atoms with Gasteiger partial charge in [0.2, 0.25) is 0 Å². The molecule has 2 saturated heterocycles. The van der Waals surface area contributed by atoms with Gasteiger partial charge in [0.1, 0.15) is 17.0 Å². The number of nitrogens with zero attached hydrogens (tertiary/aromatic N) is 6. The maximum atomic E-state index is 12.7. The number of likely N-dealkylation sites (tertiary alicyclic amines) is 1. The Kier molecular flexibility index (Phi) is 4.84. The van der Waals surface area contributed by atoms with Crippen molar-refractivity contribution in [3.8, 4) is 0 Å². The second-order valence-electron chi connectivity index (χ2n) is 8.06. The third-order valence-corrected chi connectivity index (χ3v) is 6.04. The van der Waals surface area contributed by atoms with Gasteiger partial charge in [0, 0.05) is 44.6 Å². The minimum Gasteiger partial charge on any atom is -0.381 e. The Morgan fingerprint density at radius 3 is 2.79 bits per heavy atom. The Bertz CT molecular complexity index is 1040. The highest BCUT2D eigenvalue weighted by Crippen LogP contribution is 2.31. The number of hydrogen-bond acceptors (Lipinski definition) is 7. The largest absolute Gasteiger partial charge is 0.381 e. The smallest absolute Gasteiger partial charge is 0.262 e. The van der Waals surface area contributed by atoms with E-state index >= 15 is 0 Å². The molecule has 0 bridgehead atoms. The predicted octanol–water partition coefficient (Wildman–Crippen LogP) is 1.50. The standard InChI is InChI=1S/C20H25N7O2/c1-13-10-26(12-17-21-5-2-6-22-17)11-16(13)18-24-19-15(20(28)25-18)9-23-27(19)14-3-7-29-8-4-14/h2,5-6,9,13-14,16H,3-4,7-8,10-12H2,1H3,(H,24,25,28)/t13?,16-/m1/s1. The molecule has 2 fully saturated rings. The monoisotopic (exact) mass is 395 g/mol. The predicted molar refractivity (Wildman–Crippen MR) is 106 cm³/mol. The van der Waals surface area contributed by atoms with E-state index in [9.17, 15) is 4.79 Å². The van der Waals surface area contributed by atoms with Crippen LogP contribution >= 0.6 is 0 Å². The summed E-state index contributed by atoms with van der Waals surface area (Å²) in [5.41, 5.74) is 0.577. The van der Waals surface area contributed by atoms with Crippen LogP contribution in [0.1, 0.15) is 43.4 Å². The number of rotatable bonds is 4. The summed E-state index contributed by atoms with van der Waals surface area (Å²) in [5, 5.41) is 5.04. The van der Waals surface area contributed by atoms with Crippen molar-refractivity contribution >= 4 is 11.0 Å². The summed E-state index contributed by atoms with van der Waals surface area (Å²) >= 11 is 0. The first-order chi connectivity index (χ1) is 14.2. The molecule has 3 aromatic heterocycles. The first-order valence-corrected chi connectivity index (χ1v) is 10.2. The van der Waals surface area contributed by atoms with E-state index < -0.39 is 0 Å². The number of H-pyrrole nitrogens is 1. The van der Waals surface area contributed by atoms with Crippen molar-refractivity contribution in [3.63, 3.8) is 0 Å². The van der Waals surface area contributed by atoms with Crippen molar-refractivity contribution in [2.45, 2.75) is 38.3 Å². The number of aromatic amines is 1. The normalized spacial score (nSPS) is 23.8. The third-order valence-electron chi connectivity index (χ3n) is 6.04. The van der Waals surface area contributed by atoms with Crippen LogP contribution in [0.5, 0.6) is 0 Å². The Labute approximate surface area is 168 Å². The van der Waals surface area contributed by atoms with E-state index in [0.29, 0.717) is 23.5 Å². The zero-order chi connectivity index (χ0) is 19.8. The number of nitrogens with one attached hydrogen (secondary N) is 1. The van der Waals surface area contributed by atoms with Gasteiger partial charge in [-0.3, -0.25) is 9.69 Å². The van der Waals surface area contributed by atoms with Crippen molar-refractivity contribution in [3.05, 3.63) is 46.7 Å². The molecule has 9 heteroatoms. The minimum atomic E-state index is -0.111. The highest BCUT2D eigenvalue weighted by molar-refractivity contribution is 5.73. The lowest BCUT2D eigenvalue weighted by atomic mass is 9.97. The summed E-state index contributed by atoms with van der Waals surface area (Å²) in [7, 11) is 0. The zero-order valence-corrected chi connectivity index (χ0v) is 16.5. The Hall–Kier alpha value is -2.65. The van der Waals surface area contributed by atoms with Crippen molar-refractivity contribution in [1.29, 1.82) is 0 Å². The molecule has 1 unspecified atom stereocenters. The quantitative estimate of drug-likeness (QED) is 0.714. The van der Waals surface area contributed by atoms with E-state index in [1.807, 2.05) is 10.7 Å². The van der Waals surface area contributed by atoms with E-state index in [1.54, 1.807) is 18.6 Å². The van der Waals surface area contributed by atoms with Crippen molar-refractivity contribution in [2.24, 2.45) is 5.92 Å². The first kappa shape index (κ1) is 18.4. The molecule has 0 saturated carbocycles. The molecule has 29 heavy (non-hydrogen) atoms. The Morgan fingerprint density at radius 2 is 2.00 bits per heavy atom. The fourth-order valence-corrected chi connectivity index (χ4v) is 4.49. The van der Waals surface area contributed by atoms with Crippen molar-refractivity contribution < 1.29 is 4.74 Å². The molecule has 1 N–H and O–H groups in total. The lowest BCUT2D eigenvalue weighted by molar-refractivity contribution is 0.0673. The molecule has 0 aromatic carbocycles. The molecule has 152 valence electrons. The van der Waals surface area contributed by atoms with Gasteiger partial charge in [0.25, 0.3) is 5.56 Å². The summed E-state index contributed by atoms with van der Waals surface area (Å²) in [4.78, 5) is 31.6. The van der Waals surface area contributed by atoms with Gasteiger partial charge in [-0.15, -0.1) is 0 Å². The maximum absolute atomic E-state index is 12.7. The molecule has 3 aromatic rings. The molecule has 2 aliphatic rings. The highest BCUT2D eigenvalue weighted by Gasteiger charge is 2.33. The third kappa shape index (κ3) is 3.56. The van der Waals surface area contributed by atoms with Crippen LogP contribution in [0, 0.1) is 5.92 Å². The molecule has 2 aliphatic heterocycles. The molecule has 5 heterocycles. The average Bonchev–Trinajstić information content (AvgIpc) is 3.33. The van der Waals surface area contributed by atoms with Gasteiger partial charge < -0.3 is 9.72 Å². The van der Waals surface area contributed by atoms with Gasteiger partial charge in [0.15, 0.2) is 5.65 Å². The molecule has 0 radical (unpaired) electrons. The van der Waals surface area contributed by atoms with Crippen LogP contribution in [0.15, 0.2) is 29.5 Å². The number of hydrogen-bond donors (Lipinski definition) is 1. The van der Waals surface area contributed by atoms with Gasteiger partial charge in [-0.1, -0.05) is 6.92 Å². The van der Waals surface area contributed by atoms with E-state index in [4.69, 9.17) is 9.72 Å². The highest BCUT2D eigenvalue weighted by atomic mass is 16.5. The van der Waals surface area contributed by atoms with Crippen LogP contribution in [0.4, 0.5) is 0 Å². The van der Waals surface area contributed by atoms with Crippen molar-refractivity contribution in [1.82, 2.24) is 34.6 Å². The Morgan fingerprint density at radius 1 is 1.21 bits per heavy atom. The number of fused-ring (bicyclic) bond motifs is 1. The van der Waals surface area contributed by atoms with Gasteiger partial charge in [-0.25, -0.2) is 19.6 Å². The van der Waals surface area contributed by atoms with E-state index in [1.165, 1.54) is 0 Å². The van der Waals surface area contributed by atoms with Gasteiger partial charge in [-0.2, -0.15) is 5.10 Å². The van der Waals surface area contributed by atoms with E-state index in [2.05, 4.69) is 31.9 Å². The first-order valence-electron chi connectivity index (χ1n) is 10.2. The average molecular weight is 395 g/mol. The van der Waals surface area contributed by atoms with Gasteiger partial charge in [0.05, 0.1) is 18.8 Å². The van der Waals surface area contributed by atoms with Crippen LogP contribution < -0.4 is 5.56 Å². The molecule has 0 aliphatic carbocycles. The summed E-state index contributed by atoms with van der Waals surface area (Å²) < 4.78 is 7.39. The van der Waals surface area contributed by atoms with Crippen LogP contribution in [-0.4, -0.2) is 60.9 Å².